The van der Waals surface area contributed by atoms with Crippen molar-refractivity contribution in [1.29, 1.82) is 0 Å². The van der Waals surface area contributed by atoms with Crippen LogP contribution in [0.1, 0.15) is 42.3 Å². The molecule has 1 aromatic heterocycles. The second-order valence-corrected chi connectivity index (χ2v) is 8.45. The van der Waals surface area contributed by atoms with Gasteiger partial charge in [0.1, 0.15) is 40.3 Å². The maximum absolute atomic E-state index is 13.7. The number of aryl methyl sites for hydroxylation is 1. The zero-order valence-corrected chi connectivity index (χ0v) is 19.4. The second-order valence-electron chi connectivity index (χ2n) is 8.45. The Morgan fingerprint density at radius 2 is 1.91 bits per heavy atom. The Balaban J connectivity index is 1.69. The fourth-order valence-electron chi connectivity index (χ4n) is 4.33. The highest BCUT2D eigenvalue weighted by Gasteiger charge is 2.56. The number of fused-ring (bicyclic) bond motifs is 3. The molecule has 0 bridgehead atoms. The van der Waals surface area contributed by atoms with Crippen molar-refractivity contribution in [2.24, 2.45) is 7.05 Å². The Hall–Kier alpha value is -4.15. The summed E-state index contributed by atoms with van der Waals surface area (Å²) < 4.78 is 7.33. The minimum atomic E-state index is -1.54. The third-order valence-electron chi connectivity index (χ3n) is 6.27. The molecule has 4 rings (SSSR count). The van der Waals surface area contributed by atoms with Crippen LogP contribution >= 0.6 is 0 Å². The molecule has 0 amide bonds. The Morgan fingerprint density at radius 1 is 1.21 bits per heavy atom. The lowest BCUT2D eigenvalue weighted by Gasteiger charge is -2.29. The van der Waals surface area contributed by atoms with Crippen LogP contribution in [0.25, 0.3) is 0 Å². The van der Waals surface area contributed by atoms with E-state index in [0.717, 1.165) is 0 Å². The van der Waals surface area contributed by atoms with Crippen LogP contribution in [0.5, 0.6) is 17.2 Å². The maximum Gasteiger partial charge on any atom is 0.220 e. The van der Waals surface area contributed by atoms with E-state index in [0.29, 0.717) is 24.7 Å². The number of aromatic hydroxyl groups is 2. The summed E-state index contributed by atoms with van der Waals surface area (Å²) in [5.41, 5.74) is -1.28. The fraction of sp³-hybridized carbons (Fsp3) is 0.348. The summed E-state index contributed by atoms with van der Waals surface area (Å²) in [4.78, 5) is 42.9. The smallest absolute Gasteiger partial charge is 0.220 e. The van der Waals surface area contributed by atoms with Crippen LogP contribution in [0.15, 0.2) is 29.4 Å². The normalized spacial score (nSPS) is 20.3. The summed E-state index contributed by atoms with van der Waals surface area (Å²) in [6, 6.07) is 0. The highest BCUT2D eigenvalue weighted by atomic mass is 16.5. The number of allylic oxidation sites excluding steroid dienone is 4. The van der Waals surface area contributed by atoms with E-state index in [1.54, 1.807) is 18.7 Å². The Morgan fingerprint density at radius 3 is 2.53 bits per heavy atom. The SMILES string of the molecule is CC(=O)c1c(O)c(C)c(O)c2c1OC1=CC(=O)/C(=C(/C)NCCNc3ncnn3C)C(=O)[C@@]12C. The molecule has 0 saturated heterocycles. The number of aromatic nitrogens is 3. The van der Waals surface area contributed by atoms with Gasteiger partial charge in [0.15, 0.2) is 17.3 Å². The number of rotatable bonds is 6. The van der Waals surface area contributed by atoms with Crippen molar-refractivity contribution in [2.75, 3.05) is 18.4 Å². The number of benzene rings is 1. The van der Waals surface area contributed by atoms with Crippen LogP contribution in [0.4, 0.5) is 5.95 Å². The fourth-order valence-corrected chi connectivity index (χ4v) is 4.33. The van der Waals surface area contributed by atoms with Gasteiger partial charge in [-0.05, 0) is 27.7 Å². The summed E-state index contributed by atoms with van der Waals surface area (Å²) in [6.07, 6.45) is 2.61. The molecule has 11 nitrogen and oxygen atoms in total. The zero-order valence-electron chi connectivity index (χ0n) is 19.4. The molecule has 1 aliphatic heterocycles. The minimum absolute atomic E-state index is 0.000740. The molecule has 1 atom stereocenters. The van der Waals surface area contributed by atoms with Gasteiger partial charge in [-0.1, -0.05) is 0 Å². The summed E-state index contributed by atoms with van der Waals surface area (Å²) in [7, 11) is 1.75. The molecule has 34 heavy (non-hydrogen) atoms. The highest BCUT2D eigenvalue weighted by Crippen LogP contribution is 2.57. The average Bonchev–Trinajstić information content (AvgIpc) is 3.30. The maximum atomic E-state index is 13.7. The average molecular weight is 467 g/mol. The molecular formula is C23H25N5O6. The monoisotopic (exact) mass is 467 g/mol. The van der Waals surface area contributed by atoms with Gasteiger partial charge in [0, 0.05) is 37.5 Å². The number of anilines is 1. The molecule has 0 unspecified atom stereocenters. The predicted octanol–water partition coefficient (Wildman–Crippen LogP) is 1.40. The summed E-state index contributed by atoms with van der Waals surface area (Å²) in [6.45, 7) is 6.67. The number of Topliss-reactive ketones (excluding diaryl/α,β-unsaturated/α-hetero) is 2. The van der Waals surface area contributed by atoms with Crippen molar-refractivity contribution < 1.29 is 29.3 Å². The first kappa shape index (κ1) is 23.0. The van der Waals surface area contributed by atoms with Gasteiger partial charge in [0.25, 0.3) is 0 Å². The number of phenols is 2. The first-order valence-electron chi connectivity index (χ1n) is 10.6. The standard InChI is InChI=1S/C23H25N5O6/c1-10-18(31)16(12(3)29)20-17(19(10)32)23(4)14(34-20)8-13(30)15(21(23)33)11(2)24-6-7-25-22-26-9-27-28(22)5/h8-9,24,31-32H,6-7H2,1-5H3,(H,25,26,27)/b15-11+/t23-/m0/s1. The molecule has 4 N–H and O–H groups in total. The number of nitrogens with zero attached hydrogens (tertiary/aromatic N) is 3. The molecule has 0 spiro atoms. The number of phenolic OH excluding ortho intramolecular Hbond substituents is 2. The Bertz CT molecular complexity index is 1320. The van der Waals surface area contributed by atoms with Gasteiger partial charge in [-0.15, -0.1) is 0 Å². The molecule has 0 fully saturated rings. The lowest BCUT2D eigenvalue weighted by Crippen LogP contribution is -2.41. The van der Waals surface area contributed by atoms with Gasteiger partial charge in [-0.3, -0.25) is 14.4 Å². The second kappa shape index (κ2) is 8.01. The molecule has 2 aliphatic rings. The van der Waals surface area contributed by atoms with Gasteiger partial charge in [0.2, 0.25) is 5.95 Å². The molecule has 1 aliphatic carbocycles. The lowest BCUT2D eigenvalue weighted by molar-refractivity contribution is -0.123. The summed E-state index contributed by atoms with van der Waals surface area (Å²) >= 11 is 0. The molecule has 0 saturated carbocycles. The summed E-state index contributed by atoms with van der Waals surface area (Å²) in [5, 5.41) is 31.4. The van der Waals surface area contributed by atoms with Crippen LogP contribution in [0.2, 0.25) is 0 Å². The number of hydrogen-bond acceptors (Lipinski definition) is 10. The number of hydrogen-bond donors (Lipinski definition) is 4. The number of ether oxygens (including phenoxy) is 1. The first-order chi connectivity index (χ1) is 16.0. The number of nitrogens with one attached hydrogen (secondary N) is 2. The lowest BCUT2D eigenvalue weighted by atomic mass is 9.70. The molecule has 2 aromatic rings. The van der Waals surface area contributed by atoms with Gasteiger partial charge in [0.05, 0.1) is 11.1 Å². The zero-order chi connectivity index (χ0) is 24.9. The molecule has 1 aromatic carbocycles. The molecular weight excluding hydrogens is 442 g/mol. The molecule has 11 heteroatoms. The van der Waals surface area contributed by atoms with Crippen molar-refractivity contribution in [1.82, 2.24) is 20.1 Å². The number of ketones is 3. The van der Waals surface area contributed by atoms with E-state index in [9.17, 15) is 24.6 Å². The van der Waals surface area contributed by atoms with E-state index < -0.39 is 28.5 Å². The van der Waals surface area contributed by atoms with E-state index in [2.05, 4.69) is 20.7 Å². The quantitative estimate of drug-likeness (QED) is 0.212. The molecule has 178 valence electrons. The van der Waals surface area contributed by atoms with Crippen molar-refractivity contribution in [3.8, 4) is 17.2 Å². The van der Waals surface area contributed by atoms with E-state index >= 15 is 0 Å². The van der Waals surface area contributed by atoms with E-state index in [-0.39, 0.29) is 39.5 Å². The van der Waals surface area contributed by atoms with Crippen LogP contribution in [0, 0.1) is 6.92 Å². The number of carbonyl (C=O) groups is 3. The first-order valence-corrected chi connectivity index (χ1v) is 10.6. The Kier molecular flexibility index (Phi) is 5.42. The van der Waals surface area contributed by atoms with Crippen molar-refractivity contribution in [2.45, 2.75) is 33.1 Å². The van der Waals surface area contributed by atoms with Crippen molar-refractivity contribution in [3.05, 3.63) is 46.1 Å². The van der Waals surface area contributed by atoms with Gasteiger partial charge >= 0.3 is 0 Å². The molecule has 0 radical (unpaired) electrons. The number of carbonyl (C=O) groups excluding carboxylic acids is 3. The Labute approximate surface area is 195 Å². The summed E-state index contributed by atoms with van der Waals surface area (Å²) in [5.74, 6) is -1.94. The van der Waals surface area contributed by atoms with Gasteiger partial charge in [-0.2, -0.15) is 10.1 Å². The predicted molar refractivity (Wildman–Crippen MR) is 121 cm³/mol. The largest absolute Gasteiger partial charge is 0.507 e. The molecule has 2 heterocycles. The minimum Gasteiger partial charge on any atom is -0.507 e. The van der Waals surface area contributed by atoms with Crippen LogP contribution in [0.3, 0.4) is 0 Å². The third kappa shape index (κ3) is 3.23. The topological polar surface area (TPSA) is 156 Å². The van der Waals surface area contributed by atoms with Crippen LogP contribution < -0.4 is 15.4 Å². The van der Waals surface area contributed by atoms with Crippen molar-refractivity contribution >= 4 is 23.3 Å². The van der Waals surface area contributed by atoms with E-state index in [1.165, 1.54) is 33.2 Å². The van der Waals surface area contributed by atoms with Gasteiger partial charge in [-0.25, -0.2) is 4.68 Å². The van der Waals surface area contributed by atoms with Crippen LogP contribution in [-0.2, 0) is 22.1 Å². The van der Waals surface area contributed by atoms with Gasteiger partial charge < -0.3 is 25.6 Å². The van der Waals surface area contributed by atoms with Crippen molar-refractivity contribution in [3.63, 3.8) is 0 Å². The van der Waals surface area contributed by atoms with Crippen LogP contribution in [-0.4, -0.2) is 55.4 Å². The van der Waals surface area contributed by atoms with E-state index in [1.807, 2.05) is 0 Å². The third-order valence-corrected chi connectivity index (χ3v) is 6.27. The van der Waals surface area contributed by atoms with E-state index in [4.69, 9.17) is 4.74 Å². The highest BCUT2D eigenvalue weighted by molar-refractivity contribution is 6.31.